The highest BCUT2D eigenvalue weighted by molar-refractivity contribution is 5.91. The molecule has 0 bridgehead atoms. The van der Waals surface area contributed by atoms with Crippen LogP contribution in [0.15, 0.2) is 16.7 Å². The van der Waals surface area contributed by atoms with Crippen LogP contribution < -0.4 is 0 Å². The number of carbonyl (C=O) groups excluding carboxylic acids is 1. The van der Waals surface area contributed by atoms with E-state index < -0.39 is 11.8 Å². The van der Waals surface area contributed by atoms with Gasteiger partial charge in [0.2, 0.25) is 17.3 Å². The zero-order valence-corrected chi connectivity index (χ0v) is 7.93. The highest BCUT2D eigenvalue weighted by Crippen LogP contribution is 2.18. The molecule has 2 aromatic rings. The molecule has 78 valence electrons. The third kappa shape index (κ3) is 1.61. The topological polar surface area (TPSA) is 85.5 Å². The van der Waals surface area contributed by atoms with Crippen molar-refractivity contribution in [2.24, 2.45) is 0 Å². The summed E-state index contributed by atoms with van der Waals surface area (Å²) >= 11 is 0. The monoisotopic (exact) mass is 208 g/mol. The Labute approximate surface area is 84.5 Å². The summed E-state index contributed by atoms with van der Waals surface area (Å²) in [7, 11) is 0. The molecule has 0 fully saturated rings. The van der Waals surface area contributed by atoms with Crippen molar-refractivity contribution in [1.29, 1.82) is 0 Å². The molecule has 0 aliphatic carbocycles. The molecule has 0 saturated carbocycles. The Kier molecular flexibility index (Phi) is 2.24. The number of carbonyl (C=O) groups is 1. The zero-order chi connectivity index (χ0) is 10.8. The summed E-state index contributed by atoms with van der Waals surface area (Å²) in [4.78, 5) is 18.9. The number of ether oxygens (including phenoxy) is 1. The minimum atomic E-state index is -0.703. The van der Waals surface area contributed by atoms with Gasteiger partial charge < -0.3 is 14.3 Å². The minimum Gasteiger partial charge on any atom is -0.491 e. The second-order valence-corrected chi connectivity index (χ2v) is 2.73. The number of fused-ring (bicyclic) bond motifs is 1. The first-order valence-electron chi connectivity index (χ1n) is 4.33. The summed E-state index contributed by atoms with van der Waals surface area (Å²) in [5.41, 5.74) is 0.377. The normalized spacial score (nSPS) is 10.5. The van der Waals surface area contributed by atoms with Crippen molar-refractivity contribution >= 4 is 17.2 Å². The van der Waals surface area contributed by atoms with E-state index >= 15 is 0 Å². The number of esters is 1. The smallest absolute Gasteiger partial charge is 0.362 e. The van der Waals surface area contributed by atoms with Gasteiger partial charge in [0.15, 0.2) is 0 Å². The minimum absolute atomic E-state index is 0.181. The summed E-state index contributed by atoms with van der Waals surface area (Å²) in [5, 5.41) is 9.39. The molecule has 2 aromatic heterocycles. The van der Waals surface area contributed by atoms with Crippen LogP contribution in [0.2, 0.25) is 0 Å². The molecule has 0 atom stereocenters. The molecule has 6 nitrogen and oxygen atoms in total. The van der Waals surface area contributed by atoms with Crippen LogP contribution in [0.3, 0.4) is 0 Å². The second kappa shape index (κ2) is 3.56. The average molecular weight is 208 g/mol. The van der Waals surface area contributed by atoms with Gasteiger partial charge in [-0.05, 0) is 6.92 Å². The highest BCUT2D eigenvalue weighted by Gasteiger charge is 2.17. The fraction of sp³-hybridized carbons (Fsp3) is 0.222. The number of aromatic nitrogens is 2. The first-order valence-corrected chi connectivity index (χ1v) is 4.33. The van der Waals surface area contributed by atoms with Crippen LogP contribution in [0, 0.1) is 0 Å². The van der Waals surface area contributed by atoms with Crippen LogP contribution in [-0.2, 0) is 4.74 Å². The number of hydrogen-bond donors (Lipinski definition) is 1. The van der Waals surface area contributed by atoms with Gasteiger partial charge in [0.25, 0.3) is 0 Å². The molecule has 0 unspecified atom stereocenters. The van der Waals surface area contributed by atoms with E-state index in [9.17, 15) is 9.90 Å². The maximum atomic E-state index is 11.3. The Morgan fingerprint density at radius 1 is 1.60 bits per heavy atom. The first-order chi connectivity index (χ1) is 7.22. The molecule has 0 saturated heterocycles. The number of nitrogens with zero attached hydrogens (tertiary/aromatic N) is 2. The molecule has 0 aliphatic rings. The molecule has 0 aromatic carbocycles. The van der Waals surface area contributed by atoms with Crippen molar-refractivity contribution in [1.82, 2.24) is 9.97 Å². The Morgan fingerprint density at radius 2 is 2.40 bits per heavy atom. The van der Waals surface area contributed by atoms with Crippen molar-refractivity contribution in [2.45, 2.75) is 6.92 Å². The molecule has 0 radical (unpaired) electrons. The summed E-state index contributed by atoms with van der Waals surface area (Å²) < 4.78 is 9.61. The largest absolute Gasteiger partial charge is 0.491 e. The number of rotatable bonds is 2. The molecular formula is C9H8N2O4. The standard InChI is InChI=1S/C9H8N2O4/c1-2-14-9(13)6-7(12)11-8-5(10-6)3-4-15-8/h3-4H,2H2,1H3,(H,11,12). The van der Waals surface area contributed by atoms with Gasteiger partial charge in [-0.25, -0.2) is 9.78 Å². The number of aromatic hydroxyl groups is 1. The zero-order valence-electron chi connectivity index (χ0n) is 7.93. The van der Waals surface area contributed by atoms with Crippen molar-refractivity contribution in [3.63, 3.8) is 0 Å². The van der Waals surface area contributed by atoms with E-state index in [4.69, 9.17) is 9.15 Å². The predicted molar refractivity (Wildman–Crippen MR) is 49.4 cm³/mol. The molecule has 0 spiro atoms. The van der Waals surface area contributed by atoms with Gasteiger partial charge in [0, 0.05) is 6.07 Å². The lowest BCUT2D eigenvalue weighted by Crippen LogP contribution is -2.08. The third-order valence-electron chi connectivity index (χ3n) is 1.74. The van der Waals surface area contributed by atoms with E-state index in [2.05, 4.69) is 9.97 Å². The Bertz CT molecular complexity index is 506. The van der Waals surface area contributed by atoms with E-state index in [0.29, 0.717) is 5.52 Å². The van der Waals surface area contributed by atoms with Crippen LogP contribution in [0.1, 0.15) is 17.4 Å². The van der Waals surface area contributed by atoms with Crippen molar-refractivity contribution in [3.05, 3.63) is 18.0 Å². The predicted octanol–water partition coefficient (Wildman–Crippen LogP) is 1.11. The molecule has 0 aliphatic heterocycles. The van der Waals surface area contributed by atoms with Gasteiger partial charge in [-0.1, -0.05) is 0 Å². The molecule has 2 rings (SSSR count). The average Bonchev–Trinajstić information content (AvgIpc) is 2.63. The molecule has 6 heteroatoms. The Hall–Kier alpha value is -2.11. The quantitative estimate of drug-likeness (QED) is 0.744. The number of furan rings is 1. The van der Waals surface area contributed by atoms with Gasteiger partial charge in [-0.15, -0.1) is 0 Å². The third-order valence-corrected chi connectivity index (χ3v) is 1.74. The maximum absolute atomic E-state index is 11.3. The van der Waals surface area contributed by atoms with Gasteiger partial charge in [-0.3, -0.25) is 0 Å². The maximum Gasteiger partial charge on any atom is 0.362 e. The van der Waals surface area contributed by atoms with Crippen molar-refractivity contribution < 1.29 is 19.1 Å². The lowest BCUT2D eigenvalue weighted by Gasteiger charge is -2.01. The Balaban J connectivity index is 2.50. The molecule has 1 N–H and O–H groups in total. The van der Waals surface area contributed by atoms with E-state index in [1.807, 2.05) is 0 Å². The van der Waals surface area contributed by atoms with Gasteiger partial charge >= 0.3 is 5.97 Å². The second-order valence-electron chi connectivity index (χ2n) is 2.73. The summed E-state index contributed by atoms with van der Waals surface area (Å²) in [5.74, 6) is -1.19. The lowest BCUT2D eigenvalue weighted by atomic mass is 10.4. The van der Waals surface area contributed by atoms with Crippen LogP contribution in [0.5, 0.6) is 5.88 Å². The van der Waals surface area contributed by atoms with E-state index in [1.165, 1.54) is 6.26 Å². The Morgan fingerprint density at radius 3 is 3.13 bits per heavy atom. The van der Waals surface area contributed by atoms with Crippen LogP contribution >= 0.6 is 0 Å². The number of hydrogen-bond acceptors (Lipinski definition) is 6. The van der Waals surface area contributed by atoms with Gasteiger partial charge in [-0.2, -0.15) is 4.98 Å². The first kappa shape index (κ1) is 9.45. The van der Waals surface area contributed by atoms with E-state index in [0.717, 1.165) is 0 Å². The summed E-state index contributed by atoms with van der Waals surface area (Å²) in [6, 6.07) is 1.55. The van der Waals surface area contributed by atoms with E-state index in [1.54, 1.807) is 13.0 Å². The SMILES string of the molecule is CCOC(=O)c1nc2ccoc2nc1O. The van der Waals surface area contributed by atoms with E-state index in [-0.39, 0.29) is 18.0 Å². The lowest BCUT2D eigenvalue weighted by molar-refractivity contribution is 0.0515. The molecule has 15 heavy (non-hydrogen) atoms. The van der Waals surface area contributed by atoms with Crippen molar-refractivity contribution in [2.75, 3.05) is 6.61 Å². The van der Waals surface area contributed by atoms with Crippen molar-refractivity contribution in [3.8, 4) is 5.88 Å². The molecular weight excluding hydrogens is 200 g/mol. The summed E-state index contributed by atoms with van der Waals surface area (Å²) in [6.07, 6.45) is 1.37. The fourth-order valence-corrected chi connectivity index (χ4v) is 1.12. The highest BCUT2D eigenvalue weighted by atomic mass is 16.5. The fourth-order valence-electron chi connectivity index (χ4n) is 1.12. The van der Waals surface area contributed by atoms with Gasteiger partial charge in [0.05, 0.1) is 12.9 Å². The molecule has 0 amide bonds. The summed E-state index contributed by atoms with van der Waals surface area (Å²) in [6.45, 7) is 1.88. The molecule has 2 heterocycles. The van der Waals surface area contributed by atoms with Crippen LogP contribution in [0.25, 0.3) is 11.2 Å². The van der Waals surface area contributed by atoms with Crippen LogP contribution in [-0.4, -0.2) is 27.7 Å². The van der Waals surface area contributed by atoms with Crippen LogP contribution in [0.4, 0.5) is 0 Å². The van der Waals surface area contributed by atoms with Gasteiger partial charge in [0.1, 0.15) is 5.52 Å².